The Bertz CT molecular complexity index is 494. The van der Waals surface area contributed by atoms with Gasteiger partial charge in [0.25, 0.3) is 0 Å². The molecule has 1 heterocycles. The summed E-state index contributed by atoms with van der Waals surface area (Å²) in [4.78, 5) is 4.21. The topological polar surface area (TPSA) is 12.9 Å². The van der Waals surface area contributed by atoms with E-state index in [1.165, 1.54) is 6.07 Å². The van der Waals surface area contributed by atoms with E-state index in [1.54, 1.807) is 12.3 Å². The number of aromatic nitrogens is 1. The molecule has 0 amide bonds. The molecule has 70 valence electrons. The number of halogens is 1. The second-order valence-corrected chi connectivity index (χ2v) is 3.74. The number of hydrogen-bond donors (Lipinski definition) is 0. The van der Waals surface area contributed by atoms with Crippen LogP contribution in [0.2, 0.25) is 0 Å². The third-order valence-electron chi connectivity index (χ3n) is 2.69. The van der Waals surface area contributed by atoms with Gasteiger partial charge in [-0.3, -0.25) is 4.98 Å². The van der Waals surface area contributed by atoms with E-state index in [1.807, 2.05) is 6.07 Å². The maximum absolute atomic E-state index is 13.6. The van der Waals surface area contributed by atoms with Gasteiger partial charge in [-0.25, -0.2) is 16.5 Å². The van der Waals surface area contributed by atoms with Gasteiger partial charge in [0.2, 0.25) is 0 Å². The Morgan fingerprint density at radius 3 is 2.87 bits per heavy atom. The summed E-state index contributed by atoms with van der Waals surface area (Å²) >= 11 is 0. The van der Waals surface area contributed by atoms with Crippen molar-refractivity contribution in [1.29, 1.82) is 0 Å². The van der Waals surface area contributed by atoms with Crippen molar-refractivity contribution < 1.29 is 55.8 Å². The molecule has 0 radical (unpaired) electrons. The smallest absolute Gasteiger partial charge is 0.295 e. The van der Waals surface area contributed by atoms with E-state index >= 15 is 0 Å². The molecule has 0 bridgehead atoms. The predicted molar refractivity (Wildman–Crippen MR) is 52.5 cm³/mol. The van der Waals surface area contributed by atoms with Crippen molar-refractivity contribution in [3.8, 4) is 0 Å². The molecule has 1 fully saturated rings. The maximum atomic E-state index is 13.6. The Balaban J connectivity index is 0.000000853. The zero-order valence-electron chi connectivity index (χ0n) is 8.63. The molecule has 0 atom stereocenters. The van der Waals surface area contributed by atoms with Gasteiger partial charge in [0.1, 0.15) is 5.82 Å². The fourth-order valence-corrected chi connectivity index (χ4v) is 1.85. The zero-order valence-corrected chi connectivity index (χ0v) is 11.7. The van der Waals surface area contributed by atoms with Crippen molar-refractivity contribution in [2.45, 2.75) is 18.8 Å². The van der Waals surface area contributed by atoms with Crippen LogP contribution in [-0.2, 0) is 0 Å². The first-order valence-electron chi connectivity index (χ1n) is 4.80. The van der Waals surface area contributed by atoms with Crippen molar-refractivity contribution in [1.82, 2.24) is 4.98 Å². The van der Waals surface area contributed by atoms with E-state index in [0.29, 0.717) is 5.92 Å². The molecule has 0 spiro atoms. The van der Waals surface area contributed by atoms with E-state index in [9.17, 15) is 4.39 Å². The predicted octanol–water partition coefficient (Wildman–Crippen LogP) is 0.0555. The Morgan fingerprint density at radius 1 is 1.33 bits per heavy atom. The third kappa shape index (κ3) is 2.17. The molecule has 1 saturated carbocycles. The minimum Gasteiger partial charge on any atom is -0.295 e. The summed E-state index contributed by atoms with van der Waals surface area (Å²) in [7, 11) is 0. The van der Waals surface area contributed by atoms with E-state index < -0.39 is 0 Å². The molecular formula is C12H9FKN. The molecule has 0 aliphatic heterocycles. The second kappa shape index (κ2) is 4.59. The standard InChI is InChI=1S/C12H9FN.K/c13-10-6-5-9-2-1-7-14-12(9)11(10)8-3-4-8;/h2,5-8H,3-4H2;/q-1;+1. The van der Waals surface area contributed by atoms with Crippen LogP contribution in [0.1, 0.15) is 24.3 Å². The van der Waals surface area contributed by atoms with Gasteiger partial charge >= 0.3 is 51.4 Å². The molecule has 0 saturated heterocycles. The summed E-state index contributed by atoms with van der Waals surface area (Å²) in [6.45, 7) is 0. The Morgan fingerprint density at radius 2 is 2.13 bits per heavy atom. The van der Waals surface area contributed by atoms with Crippen LogP contribution in [0.5, 0.6) is 0 Å². The fourth-order valence-electron chi connectivity index (χ4n) is 1.85. The van der Waals surface area contributed by atoms with Crippen LogP contribution in [0.3, 0.4) is 0 Å². The molecule has 2 aromatic rings. The normalized spacial score (nSPS) is 15.0. The van der Waals surface area contributed by atoms with Crippen molar-refractivity contribution in [3.63, 3.8) is 0 Å². The number of fused-ring (bicyclic) bond motifs is 1. The van der Waals surface area contributed by atoms with E-state index in [0.717, 1.165) is 29.3 Å². The van der Waals surface area contributed by atoms with Crippen LogP contribution < -0.4 is 51.4 Å². The largest absolute Gasteiger partial charge is 1.00 e. The van der Waals surface area contributed by atoms with Crippen LogP contribution in [0.15, 0.2) is 24.4 Å². The van der Waals surface area contributed by atoms with Gasteiger partial charge in [-0.15, -0.1) is 11.5 Å². The van der Waals surface area contributed by atoms with E-state index in [4.69, 9.17) is 0 Å². The van der Waals surface area contributed by atoms with E-state index in [-0.39, 0.29) is 57.2 Å². The molecule has 1 nitrogen and oxygen atoms in total. The SMILES string of the molecule is Fc1ccc2c[c-]cnc2c1C1CC1.[K+]. The molecule has 1 aromatic carbocycles. The molecule has 1 aliphatic rings. The summed E-state index contributed by atoms with van der Waals surface area (Å²) in [5, 5.41) is 0.982. The van der Waals surface area contributed by atoms with Gasteiger partial charge in [-0.05, 0) is 35.9 Å². The van der Waals surface area contributed by atoms with Crippen molar-refractivity contribution in [3.05, 3.63) is 41.8 Å². The Kier molecular flexibility index (Phi) is 3.58. The van der Waals surface area contributed by atoms with Crippen LogP contribution in [-0.4, -0.2) is 4.98 Å². The summed E-state index contributed by atoms with van der Waals surface area (Å²) < 4.78 is 13.6. The Labute approximate surface area is 131 Å². The zero-order chi connectivity index (χ0) is 9.54. The molecule has 0 unspecified atom stereocenters. The van der Waals surface area contributed by atoms with E-state index in [2.05, 4.69) is 11.1 Å². The van der Waals surface area contributed by atoms with Gasteiger partial charge < -0.3 is 0 Å². The first-order chi connectivity index (χ1) is 6.86. The summed E-state index contributed by atoms with van der Waals surface area (Å²) in [6.07, 6.45) is 3.79. The van der Waals surface area contributed by atoms with Gasteiger partial charge in [0, 0.05) is 0 Å². The van der Waals surface area contributed by atoms with Crippen LogP contribution >= 0.6 is 0 Å². The van der Waals surface area contributed by atoms with Gasteiger partial charge in [-0.2, -0.15) is 0 Å². The van der Waals surface area contributed by atoms with Crippen LogP contribution in [0.25, 0.3) is 10.9 Å². The molecule has 15 heavy (non-hydrogen) atoms. The molecule has 0 N–H and O–H groups in total. The third-order valence-corrected chi connectivity index (χ3v) is 2.69. The van der Waals surface area contributed by atoms with Crippen molar-refractivity contribution in [2.24, 2.45) is 0 Å². The summed E-state index contributed by atoms with van der Waals surface area (Å²) in [5.41, 5.74) is 1.61. The monoisotopic (exact) mass is 225 g/mol. The van der Waals surface area contributed by atoms with Crippen LogP contribution in [0, 0.1) is 11.9 Å². The minimum atomic E-state index is -0.112. The van der Waals surface area contributed by atoms with Crippen LogP contribution in [0.4, 0.5) is 4.39 Å². The quantitative estimate of drug-likeness (QED) is 0.494. The van der Waals surface area contributed by atoms with Gasteiger partial charge in [-0.1, -0.05) is 6.20 Å². The molecule has 1 aliphatic carbocycles. The minimum absolute atomic E-state index is 0. The first-order valence-corrected chi connectivity index (χ1v) is 4.80. The number of nitrogens with zero attached hydrogens (tertiary/aromatic N) is 1. The number of benzene rings is 1. The maximum Gasteiger partial charge on any atom is 1.00 e. The molecule has 3 heteroatoms. The first kappa shape index (κ1) is 11.7. The number of hydrogen-bond acceptors (Lipinski definition) is 1. The molecule has 3 rings (SSSR count). The summed E-state index contributed by atoms with van der Waals surface area (Å²) in [6, 6.07) is 8.06. The number of rotatable bonds is 1. The average Bonchev–Trinajstić information content (AvgIpc) is 3.01. The van der Waals surface area contributed by atoms with Gasteiger partial charge in [0.15, 0.2) is 0 Å². The molecule has 1 aromatic heterocycles. The fraction of sp³-hybridized carbons (Fsp3) is 0.250. The molecular weight excluding hydrogens is 216 g/mol. The van der Waals surface area contributed by atoms with Crippen molar-refractivity contribution >= 4 is 10.9 Å². The van der Waals surface area contributed by atoms with Gasteiger partial charge in [0.05, 0.1) is 0 Å². The average molecular weight is 225 g/mol. The summed E-state index contributed by atoms with van der Waals surface area (Å²) in [5.74, 6) is 0.285. The Hall–Kier alpha value is 0.196. The van der Waals surface area contributed by atoms with Crippen molar-refractivity contribution in [2.75, 3.05) is 0 Å². The number of pyridine rings is 1. The second-order valence-electron chi connectivity index (χ2n) is 3.74.